The van der Waals surface area contributed by atoms with Gasteiger partial charge in [-0.15, -0.1) is 0 Å². The number of nitrogens with zero attached hydrogens (tertiary/aromatic N) is 1. The molecule has 0 unspecified atom stereocenters. The zero-order valence-corrected chi connectivity index (χ0v) is 14.9. The number of carbonyl (C=O) groups is 1. The van der Waals surface area contributed by atoms with E-state index in [0.717, 1.165) is 18.4 Å². The fourth-order valence-corrected chi connectivity index (χ4v) is 2.34. The largest absolute Gasteiger partial charge is 0.491 e. The van der Waals surface area contributed by atoms with Gasteiger partial charge in [-0.1, -0.05) is 25.5 Å². The highest BCUT2D eigenvalue weighted by Gasteiger charge is 2.21. The second kappa shape index (κ2) is 9.72. The molecule has 1 heterocycles. The van der Waals surface area contributed by atoms with Crippen molar-refractivity contribution in [2.24, 2.45) is 0 Å². The molecule has 0 radical (unpaired) electrons. The fourth-order valence-electron chi connectivity index (χ4n) is 2.34. The Morgan fingerprint density at radius 3 is 2.62 bits per heavy atom. The maximum Gasteiger partial charge on any atom is 0.257 e. The highest BCUT2D eigenvalue weighted by atomic mass is 19.1. The molecule has 0 fully saturated rings. The van der Waals surface area contributed by atoms with Gasteiger partial charge in [-0.3, -0.25) is 9.78 Å². The number of pyridine rings is 1. The second-order valence-electron chi connectivity index (χ2n) is 5.65. The van der Waals surface area contributed by atoms with E-state index >= 15 is 0 Å². The van der Waals surface area contributed by atoms with E-state index < -0.39 is 5.91 Å². The van der Waals surface area contributed by atoms with Crippen LogP contribution in [0.5, 0.6) is 11.5 Å². The Hall–Kier alpha value is -2.67. The highest BCUT2D eigenvalue weighted by molar-refractivity contribution is 5.97. The topological polar surface area (TPSA) is 80.7 Å². The fraction of sp³-hybridized carbons (Fsp3) is 0.368. The zero-order valence-electron chi connectivity index (χ0n) is 14.9. The van der Waals surface area contributed by atoms with Crippen LogP contribution in [0, 0.1) is 5.82 Å². The lowest BCUT2D eigenvalue weighted by atomic mass is 10.1. The number of nitrogens with one attached hydrogen (secondary N) is 1. The standard InChI is InChI=1S/C19H23FN2O4/c1-3-4-9-26-17-15(11-21-16(12-23)18(17)25-2)19(24)22-10-13-5-7-14(20)8-6-13/h5-8,11,23H,3-4,9-10,12H2,1-2H3,(H,22,24). The minimum absolute atomic E-state index is 0.220. The number of hydrogen-bond donors (Lipinski definition) is 2. The summed E-state index contributed by atoms with van der Waals surface area (Å²) in [6.45, 7) is 2.35. The Labute approximate surface area is 152 Å². The molecule has 1 amide bonds. The van der Waals surface area contributed by atoms with Crippen LogP contribution in [0.4, 0.5) is 4.39 Å². The van der Waals surface area contributed by atoms with E-state index in [9.17, 15) is 14.3 Å². The van der Waals surface area contributed by atoms with Crippen LogP contribution in [-0.4, -0.2) is 29.7 Å². The predicted octanol–water partition coefficient (Wildman–Crippen LogP) is 2.83. The Morgan fingerprint density at radius 1 is 1.27 bits per heavy atom. The van der Waals surface area contributed by atoms with Gasteiger partial charge in [0.2, 0.25) is 0 Å². The molecule has 0 aliphatic heterocycles. The summed E-state index contributed by atoms with van der Waals surface area (Å²) in [5.41, 5.74) is 1.28. The molecule has 0 atom stereocenters. The molecular formula is C19H23FN2O4. The molecule has 6 nitrogen and oxygen atoms in total. The molecule has 7 heteroatoms. The number of aromatic nitrogens is 1. The molecule has 0 saturated heterocycles. The third-order valence-corrected chi connectivity index (χ3v) is 3.77. The summed E-state index contributed by atoms with van der Waals surface area (Å²) in [7, 11) is 1.43. The van der Waals surface area contributed by atoms with E-state index in [0.29, 0.717) is 12.3 Å². The average molecular weight is 362 g/mol. The molecule has 2 rings (SSSR count). The van der Waals surface area contributed by atoms with E-state index in [1.807, 2.05) is 6.92 Å². The Kier molecular flexibility index (Phi) is 7.35. The second-order valence-corrected chi connectivity index (χ2v) is 5.65. The molecule has 2 aromatic rings. The monoisotopic (exact) mass is 362 g/mol. The van der Waals surface area contributed by atoms with Crippen LogP contribution in [0.2, 0.25) is 0 Å². The Bertz CT molecular complexity index is 735. The van der Waals surface area contributed by atoms with Gasteiger partial charge in [-0.25, -0.2) is 4.39 Å². The van der Waals surface area contributed by atoms with E-state index in [4.69, 9.17) is 9.47 Å². The van der Waals surface area contributed by atoms with E-state index in [1.54, 1.807) is 12.1 Å². The summed E-state index contributed by atoms with van der Waals surface area (Å²) in [5.74, 6) is -0.217. The SMILES string of the molecule is CCCCOc1c(C(=O)NCc2ccc(F)cc2)cnc(CO)c1OC. The summed E-state index contributed by atoms with van der Waals surface area (Å²) in [5, 5.41) is 12.2. The van der Waals surface area contributed by atoms with Crippen LogP contribution in [0.25, 0.3) is 0 Å². The maximum atomic E-state index is 13.0. The van der Waals surface area contributed by atoms with Gasteiger partial charge in [0.25, 0.3) is 5.91 Å². The molecule has 0 saturated carbocycles. The number of rotatable bonds is 9. The molecule has 0 spiro atoms. The first kappa shape index (κ1) is 19.7. The van der Waals surface area contributed by atoms with E-state index in [-0.39, 0.29) is 36.0 Å². The molecule has 1 aromatic heterocycles. The van der Waals surface area contributed by atoms with Crippen LogP contribution in [0.15, 0.2) is 30.5 Å². The zero-order chi connectivity index (χ0) is 18.9. The first-order valence-corrected chi connectivity index (χ1v) is 8.42. The molecule has 26 heavy (non-hydrogen) atoms. The van der Waals surface area contributed by atoms with Crippen molar-refractivity contribution < 1.29 is 23.8 Å². The van der Waals surface area contributed by atoms with Crippen LogP contribution >= 0.6 is 0 Å². The van der Waals surface area contributed by atoms with Gasteiger partial charge in [0, 0.05) is 12.7 Å². The summed E-state index contributed by atoms with van der Waals surface area (Å²) < 4.78 is 24.0. The lowest BCUT2D eigenvalue weighted by Crippen LogP contribution is -2.24. The summed E-state index contributed by atoms with van der Waals surface area (Å²) >= 11 is 0. The Balaban J connectivity index is 2.21. The van der Waals surface area contributed by atoms with Crippen molar-refractivity contribution in [3.63, 3.8) is 0 Å². The molecule has 140 valence electrons. The minimum atomic E-state index is -0.392. The molecule has 0 bridgehead atoms. The van der Waals surface area contributed by atoms with Crippen LogP contribution < -0.4 is 14.8 Å². The van der Waals surface area contributed by atoms with E-state index in [2.05, 4.69) is 10.3 Å². The lowest BCUT2D eigenvalue weighted by molar-refractivity contribution is 0.0945. The van der Waals surface area contributed by atoms with Gasteiger partial charge < -0.3 is 19.9 Å². The number of benzene rings is 1. The highest BCUT2D eigenvalue weighted by Crippen LogP contribution is 2.34. The van der Waals surface area contributed by atoms with Crippen molar-refractivity contribution in [3.8, 4) is 11.5 Å². The van der Waals surface area contributed by atoms with Gasteiger partial charge in [-0.05, 0) is 24.1 Å². The van der Waals surface area contributed by atoms with Crippen molar-refractivity contribution in [1.82, 2.24) is 10.3 Å². The molecular weight excluding hydrogens is 339 g/mol. The quantitative estimate of drug-likeness (QED) is 0.671. The molecule has 0 aliphatic carbocycles. The van der Waals surface area contributed by atoms with Crippen molar-refractivity contribution in [1.29, 1.82) is 0 Å². The minimum Gasteiger partial charge on any atom is -0.491 e. The van der Waals surface area contributed by atoms with Crippen molar-refractivity contribution in [3.05, 3.63) is 53.1 Å². The maximum absolute atomic E-state index is 13.0. The average Bonchev–Trinajstić information content (AvgIpc) is 2.66. The molecule has 2 N–H and O–H groups in total. The lowest BCUT2D eigenvalue weighted by Gasteiger charge is -2.16. The van der Waals surface area contributed by atoms with Gasteiger partial charge in [0.1, 0.15) is 17.1 Å². The number of ether oxygens (including phenoxy) is 2. The van der Waals surface area contributed by atoms with Crippen LogP contribution in [0.1, 0.15) is 41.4 Å². The normalized spacial score (nSPS) is 10.5. The summed E-state index contributed by atoms with van der Waals surface area (Å²) in [6.07, 6.45) is 3.11. The van der Waals surface area contributed by atoms with Gasteiger partial charge in [-0.2, -0.15) is 0 Å². The van der Waals surface area contributed by atoms with Gasteiger partial charge in [0.05, 0.1) is 20.3 Å². The first-order valence-electron chi connectivity index (χ1n) is 8.42. The third-order valence-electron chi connectivity index (χ3n) is 3.77. The summed E-state index contributed by atoms with van der Waals surface area (Å²) in [4.78, 5) is 16.7. The van der Waals surface area contributed by atoms with Crippen molar-refractivity contribution in [2.75, 3.05) is 13.7 Å². The number of carbonyl (C=O) groups excluding carboxylic acids is 1. The van der Waals surface area contributed by atoms with E-state index in [1.165, 1.54) is 25.4 Å². The van der Waals surface area contributed by atoms with Crippen LogP contribution in [0.3, 0.4) is 0 Å². The molecule has 0 aliphatic rings. The van der Waals surface area contributed by atoms with Crippen LogP contribution in [-0.2, 0) is 13.2 Å². The van der Waals surface area contributed by atoms with Crippen molar-refractivity contribution in [2.45, 2.75) is 32.9 Å². The number of aliphatic hydroxyl groups excluding tert-OH is 1. The third kappa shape index (κ3) is 4.92. The smallest absolute Gasteiger partial charge is 0.257 e. The number of hydrogen-bond acceptors (Lipinski definition) is 5. The molecule has 1 aromatic carbocycles. The van der Waals surface area contributed by atoms with Gasteiger partial charge in [0.15, 0.2) is 11.5 Å². The van der Waals surface area contributed by atoms with Gasteiger partial charge >= 0.3 is 0 Å². The predicted molar refractivity (Wildman–Crippen MR) is 94.7 cm³/mol. The summed E-state index contributed by atoms with van der Waals surface area (Å²) in [6, 6.07) is 5.87. The number of methoxy groups -OCH3 is 1. The number of amides is 1. The Morgan fingerprint density at radius 2 is 2.00 bits per heavy atom. The first-order chi connectivity index (χ1) is 12.6. The number of unbranched alkanes of at least 4 members (excludes halogenated alkanes) is 1. The number of halogens is 1. The number of aliphatic hydroxyl groups is 1. The van der Waals surface area contributed by atoms with Crippen molar-refractivity contribution >= 4 is 5.91 Å².